The van der Waals surface area contributed by atoms with Crippen molar-refractivity contribution >= 4 is 44.6 Å². The van der Waals surface area contributed by atoms with Crippen molar-refractivity contribution in [2.24, 2.45) is 0 Å². The molecule has 0 aliphatic heterocycles. The molecule has 4 aromatic rings. The van der Waals surface area contributed by atoms with Gasteiger partial charge in [0.25, 0.3) is 5.56 Å². The quantitative estimate of drug-likeness (QED) is 0.569. The summed E-state index contributed by atoms with van der Waals surface area (Å²) in [5.41, 5.74) is 2.14. The predicted molar refractivity (Wildman–Crippen MR) is 108 cm³/mol. The van der Waals surface area contributed by atoms with Crippen LogP contribution in [0.1, 0.15) is 24.4 Å². The lowest BCUT2D eigenvalue weighted by Gasteiger charge is -2.15. The number of hydrogen-bond acceptors (Lipinski definition) is 4. The summed E-state index contributed by atoms with van der Waals surface area (Å²) in [6.45, 7) is 3.86. The minimum Gasteiger partial charge on any atom is -0.350 e. The first-order chi connectivity index (χ1) is 13.0. The predicted octanol–water partition coefficient (Wildman–Crippen LogP) is 3.55. The zero-order valence-electron chi connectivity index (χ0n) is 14.8. The van der Waals surface area contributed by atoms with Gasteiger partial charge in [0.15, 0.2) is 0 Å². The molecule has 1 aromatic carbocycles. The zero-order valence-corrected chi connectivity index (χ0v) is 16.3. The molecule has 8 heteroatoms. The molecule has 0 unspecified atom stereocenters. The minimum absolute atomic E-state index is 0.267. The fraction of sp³-hybridized carbons (Fsp3) is 0.211. The summed E-state index contributed by atoms with van der Waals surface area (Å²) in [7, 11) is 0. The molecule has 3 heterocycles. The molecule has 0 radical (unpaired) electrons. The maximum absolute atomic E-state index is 12.9. The number of carbonyl (C=O) groups excluding carboxylic acids is 1. The van der Waals surface area contributed by atoms with Gasteiger partial charge in [0, 0.05) is 11.6 Å². The number of carbonyl (C=O) groups is 1. The second-order valence-electron chi connectivity index (χ2n) is 6.35. The van der Waals surface area contributed by atoms with E-state index in [4.69, 9.17) is 11.6 Å². The van der Waals surface area contributed by atoms with Crippen molar-refractivity contribution in [2.45, 2.75) is 26.4 Å². The molecule has 0 saturated heterocycles. The number of nitrogens with zero attached hydrogens (tertiary/aromatic N) is 3. The molecule has 0 aliphatic rings. The molecule has 1 N–H and O–H groups in total. The largest absolute Gasteiger partial charge is 0.350 e. The number of hydrogen-bond donors (Lipinski definition) is 1. The average Bonchev–Trinajstić information content (AvgIpc) is 3.24. The Morgan fingerprint density at radius 1 is 1.26 bits per heavy atom. The summed E-state index contributed by atoms with van der Waals surface area (Å²) >= 11 is 7.44. The number of halogens is 1. The van der Waals surface area contributed by atoms with E-state index >= 15 is 0 Å². The van der Waals surface area contributed by atoms with Gasteiger partial charge in [-0.05, 0) is 49.1 Å². The second-order valence-corrected chi connectivity index (χ2v) is 7.74. The van der Waals surface area contributed by atoms with Crippen molar-refractivity contribution in [1.29, 1.82) is 0 Å². The molecule has 0 spiro atoms. The van der Waals surface area contributed by atoms with Crippen molar-refractivity contribution < 1.29 is 4.79 Å². The Hall–Kier alpha value is -2.64. The molecule has 3 aromatic heterocycles. The average molecular weight is 401 g/mol. The summed E-state index contributed by atoms with van der Waals surface area (Å²) < 4.78 is 4.11. The van der Waals surface area contributed by atoms with E-state index in [1.54, 1.807) is 30.4 Å². The van der Waals surface area contributed by atoms with E-state index in [1.807, 2.05) is 41.0 Å². The standard InChI is InChI=1S/C19H17ClN4O2S/c1-11(18(25)21-10-13-3-5-14(20)6-4-13)24-19(26)16-9-17-15(7-8-27-17)23(16)12(2)22-24/h3-9,11H,10H2,1-2H3,(H,21,25)/t11-/m0/s1. The van der Waals surface area contributed by atoms with Crippen LogP contribution in [-0.2, 0) is 11.3 Å². The van der Waals surface area contributed by atoms with E-state index in [-0.39, 0.29) is 11.5 Å². The number of aromatic nitrogens is 3. The van der Waals surface area contributed by atoms with Crippen LogP contribution in [0.2, 0.25) is 5.02 Å². The van der Waals surface area contributed by atoms with Crippen LogP contribution in [0.5, 0.6) is 0 Å². The van der Waals surface area contributed by atoms with Crippen LogP contribution >= 0.6 is 22.9 Å². The van der Waals surface area contributed by atoms with Crippen molar-refractivity contribution in [3.05, 3.63) is 68.5 Å². The van der Waals surface area contributed by atoms with E-state index in [9.17, 15) is 9.59 Å². The molecular weight excluding hydrogens is 384 g/mol. The highest BCUT2D eigenvalue weighted by atomic mass is 35.5. The monoisotopic (exact) mass is 400 g/mol. The van der Waals surface area contributed by atoms with Crippen molar-refractivity contribution in [3.8, 4) is 0 Å². The number of amides is 1. The Kier molecular flexibility index (Phi) is 4.49. The van der Waals surface area contributed by atoms with Crippen LogP contribution in [0.4, 0.5) is 0 Å². The highest BCUT2D eigenvalue weighted by Gasteiger charge is 2.21. The topological polar surface area (TPSA) is 68.4 Å². The maximum Gasteiger partial charge on any atom is 0.291 e. The van der Waals surface area contributed by atoms with Crippen LogP contribution in [-0.4, -0.2) is 20.1 Å². The first-order valence-electron chi connectivity index (χ1n) is 8.46. The molecule has 0 saturated carbocycles. The Bertz CT molecular complexity index is 1210. The number of aryl methyl sites for hydroxylation is 1. The smallest absolute Gasteiger partial charge is 0.291 e. The lowest BCUT2D eigenvalue weighted by molar-refractivity contribution is -0.124. The minimum atomic E-state index is -0.721. The Balaban J connectivity index is 1.62. The van der Waals surface area contributed by atoms with Crippen molar-refractivity contribution in [1.82, 2.24) is 19.5 Å². The summed E-state index contributed by atoms with van der Waals surface area (Å²) in [6.07, 6.45) is 0. The van der Waals surface area contributed by atoms with Crippen molar-refractivity contribution in [2.75, 3.05) is 0 Å². The van der Waals surface area contributed by atoms with Gasteiger partial charge in [-0.2, -0.15) is 5.10 Å². The van der Waals surface area contributed by atoms with Gasteiger partial charge >= 0.3 is 0 Å². The van der Waals surface area contributed by atoms with Crippen LogP contribution < -0.4 is 10.9 Å². The fourth-order valence-corrected chi connectivity index (χ4v) is 4.04. The number of rotatable bonds is 4. The summed E-state index contributed by atoms with van der Waals surface area (Å²) in [4.78, 5) is 25.5. The van der Waals surface area contributed by atoms with Crippen LogP contribution in [0.25, 0.3) is 15.7 Å². The molecule has 6 nitrogen and oxygen atoms in total. The van der Waals surface area contributed by atoms with Gasteiger partial charge in [-0.15, -0.1) is 11.3 Å². The summed E-state index contributed by atoms with van der Waals surface area (Å²) in [6, 6.07) is 10.3. The van der Waals surface area contributed by atoms with Crippen LogP contribution in [0.3, 0.4) is 0 Å². The van der Waals surface area contributed by atoms with E-state index in [0.717, 1.165) is 15.8 Å². The molecular formula is C19H17ClN4O2S. The summed E-state index contributed by atoms with van der Waals surface area (Å²) in [5.74, 6) is 0.395. The van der Waals surface area contributed by atoms with Crippen molar-refractivity contribution in [3.63, 3.8) is 0 Å². The molecule has 4 rings (SSSR count). The van der Waals surface area contributed by atoms with Gasteiger partial charge in [0.2, 0.25) is 5.91 Å². The Morgan fingerprint density at radius 2 is 2.00 bits per heavy atom. The van der Waals surface area contributed by atoms with Gasteiger partial charge < -0.3 is 5.32 Å². The summed E-state index contributed by atoms with van der Waals surface area (Å²) in [5, 5.41) is 9.86. The lowest BCUT2D eigenvalue weighted by Crippen LogP contribution is -2.38. The van der Waals surface area contributed by atoms with Crippen LogP contribution in [0.15, 0.2) is 46.6 Å². The highest BCUT2D eigenvalue weighted by Crippen LogP contribution is 2.24. The van der Waals surface area contributed by atoms with Gasteiger partial charge in [-0.3, -0.25) is 14.0 Å². The molecule has 1 amide bonds. The number of benzene rings is 1. The van der Waals surface area contributed by atoms with E-state index < -0.39 is 6.04 Å². The Labute approximate surface area is 164 Å². The molecule has 1 atom stereocenters. The third-order valence-corrected chi connectivity index (χ3v) is 5.66. The Morgan fingerprint density at radius 3 is 2.74 bits per heavy atom. The number of thiophene rings is 1. The van der Waals surface area contributed by atoms with E-state index in [1.165, 1.54) is 4.68 Å². The molecule has 0 bridgehead atoms. The number of nitrogens with one attached hydrogen (secondary N) is 1. The zero-order chi connectivity index (χ0) is 19.1. The molecule has 27 heavy (non-hydrogen) atoms. The first kappa shape index (κ1) is 17.8. The molecule has 0 fully saturated rings. The lowest BCUT2D eigenvalue weighted by atomic mass is 10.2. The van der Waals surface area contributed by atoms with E-state index in [2.05, 4.69) is 10.4 Å². The second kappa shape index (κ2) is 6.83. The van der Waals surface area contributed by atoms with Gasteiger partial charge in [-0.1, -0.05) is 23.7 Å². The third-order valence-electron chi connectivity index (χ3n) is 4.55. The van der Waals surface area contributed by atoms with E-state index in [0.29, 0.717) is 22.9 Å². The maximum atomic E-state index is 12.9. The molecule has 138 valence electrons. The first-order valence-corrected chi connectivity index (χ1v) is 9.71. The SMILES string of the molecule is Cc1nn([C@@H](C)C(=O)NCc2ccc(Cl)cc2)c(=O)c2cc3sccc3n12. The fourth-order valence-electron chi connectivity index (χ4n) is 3.11. The third kappa shape index (κ3) is 3.13. The molecule has 0 aliphatic carbocycles. The normalized spacial score (nSPS) is 12.6. The number of fused-ring (bicyclic) bond motifs is 3. The highest BCUT2D eigenvalue weighted by molar-refractivity contribution is 7.17. The van der Waals surface area contributed by atoms with Gasteiger partial charge in [0.05, 0.1) is 10.2 Å². The van der Waals surface area contributed by atoms with Crippen LogP contribution in [0, 0.1) is 6.92 Å². The van der Waals surface area contributed by atoms with Gasteiger partial charge in [0.1, 0.15) is 17.4 Å². The van der Waals surface area contributed by atoms with Gasteiger partial charge in [-0.25, -0.2) is 4.68 Å².